The standard InChI is InChI=1S/C10H14O2S.3CH4/c1-8(11)6-9(12-2)7-10-4-3-5-13-10;;;/h3-5,9H,6-7H2,1-2H3;3*1H4. The average Bonchev–Trinajstić information content (AvgIpc) is 2.55. The van der Waals surface area contributed by atoms with E-state index in [0.717, 1.165) is 6.42 Å². The first kappa shape index (κ1) is 20.7. The van der Waals surface area contributed by atoms with Gasteiger partial charge in [0.25, 0.3) is 0 Å². The topological polar surface area (TPSA) is 26.3 Å². The summed E-state index contributed by atoms with van der Waals surface area (Å²) in [5, 5.41) is 2.04. The molecule has 1 atom stereocenters. The van der Waals surface area contributed by atoms with Crippen LogP contribution in [0.25, 0.3) is 0 Å². The van der Waals surface area contributed by atoms with Crippen molar-refractivity contribution in [1.82, 2.24) is 0 Å². The van der Waals surface area contributed by atoms with E-state index in [0.29, 0.717) is 6.42 Å². The summed E-state index contributed by atoms with van der Waals surface area (Å²) in [6.07, 6.45) is 1.39. The van der Waals surface area contributed by atoms with Crippen molar-refractivity contribution >= 4 is 17.1 Å². The van der Waals surface area contributed by atoms with Crippen molar-refractivity contribution in [2.45, 2.75) is 48.1 Å². The molecule has 2 nitrogen and oxygen atoms in total. The fourth-order valence-corrected chi connectivity index (χ4v) is 1.98. The number of carbonyl (C=O) groups is 1. The second-order valence-electron chi connectivity index (χ2n) is 3.05. The maximum absolute atomic E-state index is 10.9. The van der Waals surface area contributed by atoms with E-state index in [1.165, 1.54) is 4.88 Å². The molecule has 0 aromatic carbocycles. The number of ketones is 1. The Balaban J connectivity index is -0.000000563. The molecule has 0 aliphatic carbocycles. The summed E-state index contributed by atoms with van der Waals surface area (Å²) in [4.78, 5) is 12.1. The van der Waals surface area contributed by atoms with Crippen LogP contribution < -0.4 is 0 Å². The van der Waals surface area contributed by atoms with Crippen molar-refractivity contribution in [3.63, 3.8) is 0 Å². The number of carbonyl (C=O) groups excluding carboxylic acids is 1. The smallest absolute Gasteiger partial charge is 0.132 e. The maximum Gasteiger partial charge on any atom is 0.132 e. The molecule has 16 heavy (non-hydrogen) atoms. The van der Waals surface area contributed by atoms with Gasteiger partial charge < -0.3 is 4.74 Å². The normalized spacial score (nSPS) is 10.4. The molecule has 96 valence electrons. The van der Waals surface area contributed by atoms with Crippen molar-refractivity contribution in [2.24, 2.45) is 0 Å². The molecule has 0 radical (unpaired) electrons. The molecular formula is C13H26O2S. The van der Waals surface area contributed by atoms with E-state index in [9.17, 15) is 4.79 Å². The Kier molecular flexibility index (Phi) is 14.0. The Bertz CT molecular complexity index is 255. The quantitative estimate of drug-likeness (QED) is 0.778. The predicted octanol–water partition coefficient (Wildman–Crippen LogP) is 4.19. The van der Waals surface area contributed by atoms with Gasteiger partial charge in [0.1, 0.15) is 5.78 Å². The number of hydrogen-bond donors (Lipinski definition) is 0. The number of hydrogen-bond acceptors (Lipinski definition) is 3. The van der Waals surface area contributed by atoms with E-state index in [1.807, 2.05) is 11.4 Å². The van der Waals surface area contributed by atoms with E-state index in [4.69, 9.17) is 4.74 Å². The van der Waals surface area contributed by atoms with Crippen LogP contribution in [0.15, 0.2) is 17.5 Å². The molecule has 1 aromatic rings. The average molecular weight is 246 g/mol. The second kappa shape index (κ2) is 10.8. The van der Waals surface area contributed by atoms with Crippen LogP contribution in [0.2, 0.25) is 0 Å². The van der Waals surface area contributed by atoms with Crippen LogP contribution in [-0.2, 0) is 16.0 Å². The lowest BCUT2D eigenvalue weighted by Crippen LogP contribution is -2.16. The number of ether oxygens (including phenoxy) is 1. The molecule has 0 aliphatic heterocycles. The van der Waals surface area contributed by atoms with E-state index in [2.05, 4.69) is 6.07 Å². The van der Waals surface area contributed by atoms with Crippen molar-refractivity contribution in [2.75, 3.05) is 7.11 Å². The first-order valence-electron chi connectivity index (χ1n) is 4.27. The SMILES string of the molecule is C.C.C.COC(CC(C)=O)Cc1cccs1. The monoisotopic (exact) mass is 246 g/mol. The van der Waals surface area contributed by atoms with Gasteiger partial charge >= 0.3 is 0 Å². The summed E-state index contributed by atoms with van der Waals surface area (Å²) in [6, 6.07) is 4.08. The molecule has 0 amide bonds. The number of thiophene rings is 1. The summed E-state index contributed by atoms with van der Waals surface area (Å²) in [6.45, 7) is 1.60. The fraction of sp³-hybridized carbons (Fsp3) is 0.615. The van der Waals surface area contributed by atoms with Crippen LogP contribution in [0.5, 0.6) is 0 Å². The minimum atomic E-state index is 0. The molecule has 1 unspecified atom stereocenters. The lowest BCUT2D eigenvalue weighted by atomic mass is 10.1. The van der Waals surface area contributed by atoms with Gasteiger partial charge in [0, 0.05) is 24.8 Å². The zero-order chi connectivity index (χ0) is 9.68. The largest absolute Gasteiger partial charge is 0.381 e. The van der Waals surface area contributed by atoms with Crippen LogP contribution in [0.1, 0.15) is 40.5 Å². The lowest BCUT2D eigenvalue weighted by molar-refractivity contribution is -0.119. The van der Waals surface area contributed by atoms with Crippen LogP contribution >= 0.6 is 11.3 Å². The predicted molar refractivity (Wildman–Crippen MR) is 74.3 cm³/mol. The third-order valence-corrected chi connectivity index (χ3v) is 2.76. The number of Topliss-reactive ketones (excluding diaryl/α,β-unsaturated/α-hetero) is 1. The summed E-state index contributed by atoms with van der Waals surface area (Å²) in [7, 11) is 1.65. The molecule has 0 saturated heterocycles. The highest BCUT2D eigenvalue weighted by Gasteiger charge is 2.11. The van der Waals surface area contributed by atoms with E-state index < -0.39 is 0 Å². The van der Waals surface area contributed by atoms with Crippen LogP contribution in [-0.4, -0.2) is 19.0 Å². The molecule has 0 spiro atoms. The molecule has 0 saturated carbocycles. The molecule has 0 fully saturated rings. The first-order valence-corrected chi connectivity index (χ1v) is 5.15. The van der Waals surface area contributed by atoms with Crippen molar-refractivity contribution in [1.29, 1.82) is 0 Å². The van der Waals surface area contributed by atoms with Crippen molar-refractivity contribution < 1.29 is 9.53 Å². The van der Waals surface area contributed by atoms with Gasteiger partial charge in [0.2, 0.25) is 0 Å². The Labute approximate surface area is 105 Å². The molecule has 1 heterocycles. The van der Waals surface area contributed by atoms with E-state index in [-0.39, 0.29) is 34.2 Å². The molecule has 0 bridgehead atoms. The molecule has 0 N–H and O–H groups in total. The lowest BCUT2D eigenvalue weighted by Gasteiger charge is -2.11. The summed E-state index contributed by atoms with van der Waals surface area (Å²) >= 11 is 1.70. The van der Waals surface area contributed by atoms with Crippen molar-refractivity contribution in [3.05, 3.63) is 22.4 Å². The zero-order valence-electron chi connectivity index (χ0n) is 7.95. The molecule has 1 rings (SSSR count). The highest BCUT2D eigenvalue weighted by molar-refractivity contribution is 7.09. The molecular weight excluding hydrogens is 220 g/mol. The minimum Gasteiger partial charge on any atom is -0.381 e. The zero-order valence-corrected chi connectivity index (χ0v) is 8.76. The van der Waals surface area contributed by atoms with Gasteiger partial charge in [-0.2, -0.15) is 0 Å². The third kappa shape index (κ3) is 7.60. The van der Waals surface area contributed by atoms with E-state index in [1.54, 1.807) is 25.4 Å². The summed E-state index contributed by atoms with van der Waals surface area (Å²) in [5.41, 5.74) is 0. The molecule has 3 heteroatoms. The van der Waals surface area contributed by atoms with Gasteiger partial charge in [0.15, 0.2) is 0 Å². The van der Waals surface area contributed by atoms with Crippen LogP contribution in [0.3, 0.4) is 0 Å². The Morgan fingerprint density at radius 2 is 2.06 bits per heavy atom. The van der Waals surface area contributed by atoms with Crippen molar-refractivity contribution in [3.8, 4) is 0 Å². The Morgan fingerprint density at radius 1 is 1.44 bits per heavy atom. The fourth-order valence-electron chi connectivity index (χ4n) is 1.21. The second-order valence-corrected chi connectivity index (χ2v) is 4.08. The van der Waals surface area contributed by atoms with E-state index >= 15 is 0 Å². The summed E-state index contributed by atoms with van der Waals surface area (Å²) < 4.78 is 5.22. The molecule has 1 aromatic heterocycles. The van der Waals surface area contributed by atoms with Crippen LogP contribution in [0.4, 0.5) is 0 Å². The Hall–Kier alpha value is -0.670. The van der Waals surface area contributed by atoms with Gasteiger partial charge in [-0.1, -0.05) is 28.3 Å². The van der Waals surface area contributed by atoms with Gasteiger partial charge in [-0.3, -0.25) is 4.79 Å². The Morgan fingerprint density at radius 3 is 2.44 bits per heavy atom. The highest BCUT2D eigenvalue weighted by Crippen LogP contribution is 2.14. The minimum absolute atomic E-state index is 0. The third-order valence-electron chi connectivity index (χ3n) is 1.86. The highest BCUT2D eigenvalue weighted by atomic mass is 32.1. The van der Waals surface area contributed by atoms with Gasteiger partial charge in [-0.05, 0) is 18.4 Å². The maximum atomic E-state index is 10.9. The molecule has 0 aliphatic rings. The summed E-state index contributed by atoms with van der Waals surface area (Å²) in [5.74, 6) is 0.184. The number of rotatable bonds is 5. The number of methoxy groups -OCH3 is 1. The van der Waals surface area contributed by atoms with Gasteiger partial charge in [-0.25, -0.2) is 0 Å². The van der Waals surface area contributed by atoms with Gasteiger partial charge in [-0.15, -0.1) is 11.3 Å². The van der Waals surface area contributed by atoms with Crippen LogP contribution in [0, 0.1) is 0 Å². The van der Waals surface area contributed by atoms with Gasteiger partial charge in [0.05, 0.1) is 6.10 Å². The first-order chi connectivity index (χ1) is 6.22.